The quantitative estimate of drug-likeness (QED) is 0.0559. The molecule has 3 heterocycles. The summed E-state index contributed by atoms with van der Waals surface area (Å²) in [6.07, 6.45) is 2.04. The number of nitro benzene ring substituents is 1. The lowest BCUT2D eigenvalue weighted by molar-refractivity contribution is -0.384. The van der Waals surface area contributed by atoms with Crippen LogP contribution in [0.5, 0.6) is 11.5 Å². The number of thioether (sulfide) groups is 1. The predicted octanol–water partition coefficient (Wildman–Crippen LogP) is 7.58. The van der Waals surface area contributed by atoms with Gasteiger partial charge in [-0.2, -0.15) is 0 Å². The first-order valence-electron chi connectivity index (χ1n) is 19.7. The first-order valence-corrected chi connectivity index (χ1v) is 22.2. The average Bonchev–Trinajstić information content (AvgIpc) is 3.73. The van der Waals surface area contributed by atoms with Crippen LogP contribution in [-0.2, 0) is 16.6 Å². The molecule has 0 bridgehead atoms. The summed E-state index contributed by atoms with van der Waals surface area (Å²) >= 11 is 1.66. The first kappa shape index (κ1) is 40.8. The van der Waals surface area contributed by atoms with E-state index in [4.69, 9.17) is 9.47 Å². The Morgan fingerprint density at radius 3 is 2.47 bits per heavy atom. The molecule has 0 amide bonds. The third-order valence-corrected chi connectivity index (χ3v) is 13.1. The van der Waals surface area contributed by atoms with Crippen molar-refractivity contribution in [2.24, 2.45) is 0 Å². The van der Waals surface area contributed by atoms with Crippen LogP contribution in [0.25, 0.3) is 22.0 Å². The number of anilines is 3. The monoisotopic (exact) mass is 846 g/mol. The van der Waals surface area contributed by atoms with Crippen LogP contribution in [0.3, 0.4) is 0 Å². The Morgan fingerprint density at radius 2 is 1.67 bits per heavy atom. The maximum atomic E-state index is 13.8. The summed E-state index contributed by atoms with van der Waals surface area (Å²) in [4.78, 5) is 28.1. The number of nitrogens with zero attached hydrogens (tertiary/aromatic N) is 6. The molecule has 5 aromatic carbocycles. The molecule has 1 aromatic heterocycles. The van der Waals surface area contributed by atoms with Crippen molar-refractivity contribution in [3.63, 3.8) is 0 Å². The topological polar surface area (TPSA) is 155 Å². The van der Waals surface area contributed by atoms with Crippen LogP contribution >= 0.6 is 11.8 Å². The van der Waals surface area contributed by atoms with Gasteiger partial charge in [0.1, 0.15) is 12.0 Å². The van der Waals surface area contributed by atoms with Gasteiger partial charge in [-0.1, -0.05) is 48.5 Å². The second kappa shape index (κ2) is 18.1. The van der Waals surface area contributed by atoms with Crippen molar-refractivity contribution in [3.8, 4) is 22.6 Å². The standard InChI is InChI=1S/C44H46N8O6S2/c1-49(2)19-18-33(28-59-35-9-4-3-5-10-35)47-39-16-14-36(26-41(39)52(53)54)60(55,56)48-44-38-15-13-34(25-40(38)45-29-46-44)51-22-20-50(21-23-51)27-32-8-6-7-11-37(32)31-12-17-42-43(24-31)58-30-57-42/h3-17,24-26,29,33,47H,18-23,27-28,30H2,1-2H3,(H,45,46,48). The van der Waals surface area contributed by atoms with Gasteiger partial charge < -0.3 is 24.6 Å². The minimum absolute atomic E-state index is 0.0871. The molecule has 1 fully saturated rings. The molecule has 0 aliphatic carbocycles. The summed E-state index contributed by atoms with van der Waals surface area (Å²) in [6.45, 7) is 5.12. The van der Waals surface area contributed by atoms with E-state index >= 15 is 0 Å². The summed E-state index contributed by atoms with van der Waals surface area (Å²) in [5, 5.41) is 16.2. The Balaban J connectivity index is 0.931. The highest BCUT2D eigenvalue weighted by molar-refractivity contribution is 7.99. The Kier molecular flexibility index (Phi) is 12.3. The number of hydrogen-bond acceptors (Lipinski definition) is 13. The van der Waals surface area contributed by atoms with Crippen molar-refractivity contribution in [3.05, 3.63) is 131 Å². The summed E-state index contributed by atoms with van der Waals surface area (Å²) in [6, 6.07) is 34.0. The van der Waals surface area contributed by atoms with Crippen LogP contribution in [0, 0.1) is 10.1 Å². The molecular weight excluding hydrogens is 801 g/mol. The molecule has 1 saturated heterocycles. The van der Waals surface area contributed by atoms with Crippen LogP contribution < -0.4 is 24.4 Å². The van der Waals surface area contributed by atoms with Crippen LogP contribution in [0.4, 0.5) is 22.9 Å². The Hall–Kier alpha value is -5.94. The molecule has 16 heteroatoms. The zero-order chi connectivity index (χ0) is 41.6. The maximum Gasteiger partial charge on any atom is 0.293 e. The molecule has 2 aliphatic heterocycles. The third-order valence-electron chi connectivity index (χ3n) is 10.6. The minimum Gasteiger partial charge on any atom is -0.454 e. The Morgan fingerprint density at radius 1 is 0.883 bits per heavy atom. The van der Waals surface area contributed by atoms with Crippen molar-refractivity contribution in [1.29, 1.82) is 0 Å². The molecule has 1 unspecified atom stereocenters. The van der Waals surface area contributed by atoms with Crippen molar-refractivity contribution in [1.82, 2.24) is 19.8 Å². The molecule has 0 saturated carbocycles. The van der Waals surface area contributed by atoms with Gasteiger partial charge in [0.25, 0.3) is 15.7 Å². The van der Waals surface area contributed by atoms with Crippen LogP contribution in [0.2, 0.25) is 0 Å². The number of benzene rings is 5. The van der Waals surface area contributed by atoms with Gasteiger partial charge in [-0.25, -0.2) is 18.4 Å². The van der Waals surface area contributed by atoms with E-state index in [-0.39, 0.29) is 34.9 Å². The van der Waals surface area contributed by atoms with E-state index in [2.05, 4.69) is 65.0 Å². The lowest BCUT2D eigenvalue weighted by Crippen LogP contribution is -2.46. The fraction of sp³-hybridized carbons (Fsp3) is 0.273. The number of nitrogens with one attached hydrogen (secondary N) is 2. The smallest absolute Gasteiger partial charge is 0.293 e. The number of fused-ring (bicyclic) bond motifs is 2. The zero-order valence-corrected chi connectivity index (χ0v) is 35.0. The van der Waals surface area contributed by atoms with Gasteiger partial charge in [0, 0.05) is 66.6 Å². The molecule has 6 aromatic rings. The van der Waals surface area contributed by atoms with Gasteiger partial charge in [0.2, 0.25) is 6.79 Å². The zero-order valence-electron chi connectivity index (χ0n) is 33.4. The molecular formula is C44H46N8O6S2. The number of ether oxygens (including phenoxy) is 2. The van der Waals surface area contributed by atoms with Crippen molar-refractivity contribution >= 4 is 55.6 Å². The molecule has 60 heavy (non-hydrogen) atoms. The summed E-state index contributed by atoms with van der Waals surface area (Å²) in [5.41, 5.74) is 4.96. The normalized spacial score (nSPS) is 14.7. The van der Waals surface area contributed by atoms with Gasteiger partial charge in [-0.3, -0.25) is 19.7 Å². The van der Waals surface area contributed by atoms with E-state index < -0.39 is 14.9 Å². The fourth-order valence-electron chi connectivity index (χ4n) is 7.41. The van der Waals surface area contributed by atoms with E-state index in [9.17, 15) is 18.5 Å². The fourth-order valence-corrected chi connectivity index (χ4v) is 9.46. The molecule has 14 nitrogen and oxygen atoms in total. The number of nitro groups is 1. The van der Waals surface area contributed by atoms with Gasteiger partial charge in [0.05, 0.1) is 15.3 Å². The maximum absolute atomic E-state index is 13.8. The largest absolute Gasteiger partial charge is 0.454 e. The predicted molar refractivity (Wildman–Crippen MR) is 237 cm³/mol. The van der Waals surface area contributed by atoms with Crippen molar-refractivity contribution in [2.75, 3.05) is 74.3 Å². The molecule has 0 spiro atoms. The summed E-state index contributed by atoms with van der Waals surface area (Å²) < 4.78 is 41.2. The summed E-state index contributed by atoms with van der Waals surface area (Å²) in [7, 11) is -0.318. The van der Waals surface area contributed by atoms with E-state index in [1.807, 2.05) is 74.8 Å². The number of sulfonamides is 1. The molecule has 2 N–H and O–H groups in total. The average molecular weight is 847 g/mol. The second-order valence-electron chi connectivity index (χ2n) is 15.0. The molecule has 2 aliphatic rings. The Labute approximate surface area is 353 Å². The molecule has 1 atom stereocenters. The Bertz CT molecular complexity index is 2590. The van der Waals surface area contributed by atoms with E-state index in [0.717, 1.165) is 79.4 Å². The van der Waals surface area contributed by atoms with Gasteiger partial charge in [0.15, 0.2) is 17.3 Å². The van der Waals surface area contributed by atoms with Gasteiger partial charge in [-0.05, 0) is 98.3 Å². The second-order valence-corrected chi connectivity index (χ2v) is 17.8. The van der Waals surface area contributed by atoms with Crippen LogP contribution in [-0.4, -0.2) is 98.5 Å². The lowest BCUT2D eigenvalue weighted by Gasteiger charge is -2.36. The van der Waals surface area contributed by atoms with Crippen LogP contribution in [0.15, 0.2) is 125 Å². The highest BCUT2D eigenvalue weighted by Gasteiger charge is 2.25. The van der Waals surface area contributed by atoms with E-state index in [0.29, 0.717) is 16.7 Å². The molecule has 0 radical (unpaired) electrons. The van der Waals surface area contributed by atoms with Gasteiger partial charge in [-0.15, -0.1) is 11.8 Å². The van der Waals surface area contributed by atoms with Crippen molar-refractivity contribution in [2.45, 2.75) is 28.8 Å². The first-order chi connectivity index (χ1) is 29.1. The third kappa shape index (κ3) is 9.57. The SMILES string of the molecule is CN(C)CCC(CSc1ccccc1)Nc1ccc(S(=O)(=O)Nc2ncnc3cc(N4CCN(Cc5ccccc5-c5ccc6c(c5)OCO6)CC4)ccc23)cc1[N+](=O)[O-]. The summed E-state index contributed by atoms with van der Waals surface area (Å²) in [5.74, 6) is 2.28. The molecule has 8 rings (SSSR count). The highest BCUT2D eigenvalue weighted by atomic mass is 32.2. The van der Waals surface area contributed by atoms with Crippen LogP contribution in [0.1, 0.15) is 12.0 Å². The number of aromatic nitrogens is 2. The number of rotatable bonds is 16. The number of piperazine rings is 1. The lowest BCUT2D eigenvalue weighted by atomic mass is 9.98. The van der Waals surface area contributed by atoms with E-state index in [1.165, 1.54) is 29.6 Å². The molecule has 310 valence electrons. The van der Waals surface area contributed by atoms with Gasteiger partial charge >= 0.3 is 0 Å². The minimum atomic E-state index is -4.27. The number of hydrogen-bond donors (Lipinski definition) is 2. The highest BCUT2D eigenvalue weighted by Crippen LogP contribution is 2.37. The van der Waals surface area contributed by atoms with Crippen molar-refractivity contribution < 1.29 is 22.8 Å². The van der Waals surface area contributed by atoms with E-state index in [1.54, 1.807) is 11.8 Å².